The van der Waals surface area contributed by atoms with Crippen LogP contribution in [0.2, 0.25) is 0 Å². The summed E-state index contributed by atoms with van der Waals surface area (Å²) < 4.78 is 2.47. The molecule has 0 aliphatic heterocycles. The summed E-state index contributed by atoms with van der Waals surface area (Å²) in [5, 5.41) is 10.0. The normalized spacial score (nSPS) is 12.7. The molecule has 0 atom stereocenters. The summed E-state index contributed by atoms with van der Waals surface area (Å²) in [5.74, 6) is 0. The van der Waals surface area contributed by atoms with Crippen molar-refractivity contribution >= 4 is 71.2 Å². The van der Waals surface area contributed by atoms with Crippen LogP contribution in [-0.4, -0.2) is 4.57 Å². The van der Waals surface area contributed by atoms with E-state index in [4.69, 9.17) is 0 Å². The van der Waals surface area contributed by atoms with Gasteiger partial charge in [-0.25, -0.2) is 0 Å². The summed E-state index contributed by atoms with van der Waals surface area (Å²) in [5.41, 5.74) is 19.9. The van der Waals surface area contributed by atoms with Crippen molar-refractivity contribution in [1.82, 2.24) is 4.57 Å². The summed E-state index contributed by atoms with van der Waals surface area (Å²) in [6, 6.07) is 78.3. The Morgan fingerprint density at radius 1 is 0.289 bits per heavy atom. The molecule has 1 aromatic heterocycles. The van der Waals surface area contributed by atoms with Gasteiger partial charge in [0, 0.05) is 32.9 Å². The van der Waals surface area contributed by atoms with E-state index >= 15 is 0 Å². The summed E-state index contributed by atoms with van der Waals surface area (Å²) in [6.45, 7) is 27.8. The van der Waals surface area contributed by atoms with Gasteiger partial charge in [-0.1, -0.05) is 235 Å². The minimum atomic E-state index is 0.0204. The molecule has 376 valence electrons. The third-order valence-corrected chi connectivity index (χ3v) is 16.1. The SMILES string of the molecule is CC(C)(C)c1cc(-c2ccc(N(c3ccc(-c4cccc(-c5cc(C(C)(C)C)cc(C(C)(C)C)c5)c4)cc3)c3ccc4ccc5c(-n6c7ccccc7c7ccccc76)ccc6ccc3c4c65)cc2)cc(C(C)(C)C)c1. The number of aromatic nitrogens is 1. The van der Waals surface area contributed by atoms with Gasteiger partial charge >= 0.3 is 0 Å². The molecule has 2 heteroatoms. The lowest BCUT2D eigenvalue weighted by Crippen LogP contribution is -2.16. The van der Waals surface area contributed by atoms with E-state index < -0.39 is 0 Å². The largest absolute Gasteiger partial charge is 0.310 e. The topological polar surface area (TPSA) is 8.17 Å². The first-order valence-electron chi connectivity index (χ1n) is 27.3. The average molecular weight is 987 g/mol. The minimum absolute atomic E-state index is 0.0204. The first-order valence-corrected chi connectivity index (χ1v) is 27.3. The van der Waals surface area contributed by atoms with Crippen LogP contribution in [0.5, 0.6) is 0 Å². The molecule has 0 bridgehead atoms. The average Bonchev–Trinajstić information content (AvgIpc) is 3.81. The third kappa shape index (κ3) is 8.62. The monoisotopic (exact) mass is 987 g/mol. The maximum atomic E-state index is 2.47. The Bertz CT molecular complexity index is 4060. The Hall–Kier alpha value is -7.94. The Morgan fingerprint density at radius 2 is 0.684 bits per heavy atom. The van der Waals surface area contributed by atoms with Crippen LogP contribution in [0, 0.1) is 0 Å². The second-order valence-electron chi connectivity index (χ2n) is 25.6. The van der Waals surface area contributed by atoms with Crippen molar-refractivity contribution in [2.45, 2.75) is 105 Å². The van der Waals surface area contributed by atoms with Gasteiger partial charge in [0.05, 0.1) is 22.4 Å². The fourth-order valence-corrected chi connectivity index (χ4v) is 11.6. The van der Waals surface area contributed by atoms with Crippen LogP contribution < -0.4 is 4.90 Å². The Balaban J connectivity index is 1.02. The molecule has 0 fully saturated rings. The quantitative estimate of drug-likeness (QED) is 0.145. The van der Waals surface area contributed by atoms with Crippen LogP contribution in [0.4, 0.5) is 17.1 Å². The standard InChI is InChI=1S/C74H70N2/c1-71(2,3)55-41-53(42-56(45-55)72(4,5)6)48-26-34-60(35-27-48)75(59-32-24-47(25-33-59)51-18-17-19-52(40-51)54-43-57(73(7,8)9)46-58(44-54)74(10,11)12)67-38-30-49-29-37-64-68(39-31-50-28-36-63(67)69(49)70(50)64)76-65-22-15-13-20-61(65)62-21-14-16-23-66(62)76/h13-46H,1-12H3. The van der Waals surface area contributed by atoms with Crippen LogP contribution in [-0.2, 0) is 21.7 Å². The van der Waals surface area contributed by atoms with E-state index in [1.54, 1.807) is 0 Å². The van der Waals surface area contributed by atoms with Crippen LogP contribution in [0.1, 0.15) is 105 Å². The molecule has 0 unspecified atom stereocenters. The van der Waals surface area contributed by atoms with Crippen LogP contribution >= 0.6 is 0 Å². The smallest absolute Gasteiger partial charge is 0.0541 e. The molecule has 0 aliphatic carbocycles. The molecule has 0 saturated carbocycles. The van der Waals surface area contributed by atoms with E-state index in [9.17, 15) is 0 Å². The Kier molecular flexibility index (Phi) is 11.5. The van der Waals surface area contributed by atoms with Crippen molar-refractivity contribution in [3.63, 3.8) is 0 Å². The highest BCUT2D eigenvalue weighted by atomic mass is 15.1. The van der Waals surface area contributed by atoms with Gasteiger partial charge < -0.3 is 9.47 Å². The molecular weight excluding hydrogens is 917 g/mol. The van der Waals surface area contributed by atoms with Gasteiger partial charge in [-0.3, -0.25) is 0 Å². The minimum Gasteiger partial charge on any atom is -0.310 e. The molecule has 0 spiro atoms. The number of fused-ring (bicyclic) bond motifs is 3. The lowest BCUT2D eigenvalue weighted by atomic mass is 9.79. The molecule has 0 saturated heterocycles. The lowest BCUT2D eigenvalue weighted by molar-refractivity contribution is 0.568. The highest BCUT2D eigenvalue weighted by Crippen LogP contribution is 2.47. The zero-order valence-electron chi connectivity index (χ0n) is 46.5. The van der Waals surface area contributed by atoms with Gasteiger partial charge in [-0.2, -0.15) is 0 Å². The molecule has 11 aromatic carbocycles. The van der Waals surface area contributed by atoms with Crippen molar-refractivity contribution in [3.8, 4) is 39.1 Å². The number of anilines is 3. The van der Waals surface area contributed by atoms with E-state index in [0.29, 0.717) is 0 Å². The van der Waals surface area contributed by atoms with Crippen molar-refractivity contribution in [1.29, 1.82) is 0 Å². The maximum Gasteiger partial charge on any atom is 0.0541 e. The molecule has 0 N–H and O–H groups in total. The third-order valence-electron chi connectivity index (χ3n) is 16.1. The number of rotatable bonds is 7. The van der Waals surface area contributed by atoms with Crippen molar-refractivity contribution in [2.24, 2.45) is 0 Å². The molecule has 0 amide bonds. The van der Waals surface area contributed by atoms with E-state index in [1.165, 1.54) is 115 Å². The second-order valence-corrected chi connectivity index (χ2v) is 25.6. The number of hydrogen-bond donors (Lipinski definition) is 0. The van der Waals surface area contributed by atoms with Gasteiger partial charge in [0.15, 0.2) is 0 Å². The van der Waals surface area contributed by atoms with Crippen LogP contribution in [0.25, 0.3) is 93.2 Å². The number of nitrogens with zero attached hydrogens (tertiary/aromatic N) is 2. The van der Waals surface area contributed by atoms with E-state index in [0.717, 1.165) is 17.1 Å². The second kappa shape index (κ2) is 17.8. The molecule has 76 heavy (non-hydrogen) atoms. The predicted octanol–water partition coefficient (Wildman–Crippen LogP) is 21.3. The number of hydrogen-bond acceptors (Lipinski definition) is 1. The zero-order valence-corrected chi connectivity index (χ0v) is 46.5. The van der Waals surface area contributed by atoms with Gasteiger partial charge in [-0.15, -0.1) is 0 Å². The van der Waals surface area contributed by atoms with Crippen LogP contribution in [0.3, 0.4) is 0 Å². The maximum absolute atomic E-state index is 2.47. The highest BCUT2D eigenvalue weighted by Gasteiger charge is 2.25. The molecule has 2 nitrogen and oxygen atoms in total. The number of benzene rings is 11. The van der Waals surface area contributed by atoms with E-state index in [1.807, 2.05) is 0 Å². The Morgan fingerprint density at radius 3 is 1.17 bits per heavy atom. The first-order chi connectivity index (χ1) is 36.2. The summed E-state index contributed by atoms with van der Waals surface area (Å²) in [6.07, 6.45) is 0. The molecule has 12 rings (SSSR count). The molecular formula is C74H70N2. The van der Waals surface area contributed by atoms with Gasteiger partial charge in [0.25, 0.3) is 0 Å². The fraction of sp³-hybridized carbons (Fsp3) is 0.216. The Labute approximate surface area is 450 Å². The number of para-hydroxylation sites is 2. The van der Waals surface area contributed by atoms with E-state index in [-0.39, 0.29) is 21.7 Å². The fourth-order valence-electron chi connectivity index (χ4n) is 11.6. The highest BCUT2D eigenvalue weighted by molar-refractivity contribution is 6.27. The van der Waals surface area contributed by atoms with Crippen molar-refractivity contribution < 1.29 is 0 Å². The van der Waals surface area contributed by atoms with Gasteiger partial charge in [0.2, 0.25) is 0 Å². The van der Waals surface area contributed by atoms with Crippen molar-refractivity contribution in [3.05, 3.63) is 229 Å². The molecule has 0 aliphatic rings. The summed E-state index contributed by atoms with van der Waals surface area (Å²) in [7, 11) is 0. The van der Waals surface area contributed by atoms with Crippen LogP contribution in [0.15, 0.2) is 206 Å². The first kappa shape index (κ1) is 49.0. The summed E-state index contributed by atoms with van der Waals surface area (Å²) in [4.78, 5) is 2.47. The molecule has 0 radical (unpaired) electrons. The van der Waals surface area contributed by atoms with E-state index in [2.05, 4.69) is 299 Å². The predicted molar refractivity (Wildman–Crippen MR) is 330 cm³/mol. The van der Waals surface area contributed by atoms with Crippen molar-refractivity contribution in [2.75, 3.05) is 4.90 Å². The lowest BCUT2D eigenvalue weighted by Gasteiger charge is -2.28. The van der Waals surface area contributed by atoms with Gasteiger partial charge in [-0.05, 0) is 153 Å². The zero-order chi connectivity index (χ0) is 53.1. The van der Waals surface area contributed by atoms with Gasteiger partial charge in [0.1, 0.15) is 0 Å². The summed E-state index contributed by atoms with van der Waals surface area (Å²) >= 11 is 0. The molecule has 12 aromatic rings. The molecule has 1 heterocycles.